The maximum Gasteiger partial charge on any atom is 0.224 e. The molecule has 1 atom stereocenters. The van der Waals surface area contributed by atoms with Crippen molar-refractivity contribution in [1.82, 2.24) is 9.97 Å². The smallest absolute Gasteiger partial charge is 0.224 e. The maximum absolute atomic E-state index is 10.7. The SMILES string of the molecule is CNc1nccc(NC(C)CC(N)=O)n1. The van der Waals surface area contributed by atoms with Crippen molar-refractivity contribution in [3.8, 4) is 0 Å². The molecule has 0 fully saturated rings. The fourth-order valence-electron chi connectivity index (χ4n) is 1.16. The minimum absolute atomic E-state index is 0.0397. The Morgan fingerprint density at radius 2 is 2.40 bits per heavy atom. The molecule has 1 unspecified atom stereocenters. The molecule has 0 aliphatic rings. The van der Waals surface area contributed by atoms with E-state index in [2.05, 4.69) is 20.6 Å². The van der Waals surface area contributed by atoms with E-state index in [1.807, 2.05) is 6.92 Å². The molecule has 0 saturated heterocycles. The highest BCUT2D eigenvalue weighted by Gasteiger charge is 2.06. The Balaban J connectivity index is 2.59. The number of carbonyl (C=O) groups is 1. The lowest BCUT2D eigenvalue weighted by molar-refractivity contribution is -0.118. The van der Waals surface area contributed by atoms with Gasteiger partial charge in [0.25, 0.3) is 0 Å². The van der Waals surface area contributed by atoms with E-state index in [0.717, 1.165) is 0 Å². The van der Waals surface area contributed by atoms with Gasteiger partial charge in [-0.1, -0.05) is 0 Å². The topological polar surface area (TPSA) is 92.9 Å². The maximum atomic E-state index is 10.7. The molecule has 1 heterocycles. The lowest BCUT2D eigenvalue weighted by atomic mass is 10.2. The summed E-state index contributed by atoms with van der Waals surface area (Å²) in [4.78, 5) is 18.8. The molecule has 15 heavy (non-hydrogen) atoms. The average molecular weight is 209 g/mol. The Hall–Kier alpha value is -1.85. The number of nitrogens with two attached hydrogens (primary N) is 1. The number of nitrogens with one attached hydrogen (secondary N) is 2. The highest BCUT2D eigenvalue weighted by Crippen LogP contribution is 2.07. The number of hydrogen-bond acceptors (Lipinski definition) is 5. The molecule has 0 bridgehead atoms. The molecule has 4 N–H and O–H groups in total. The molecule has 1 amide bonds. The molecule has 0 aliphatic carbocycles. The van der Waals surface area contributed by atoms with Crippen LogP contribution in [0.15, 0.2) is 12.3 Å². The monoisotopic (exact) mass is 209 g/mol. The van der Waals surface area contributed by atoms with Crippen LogP contribution in [0.3, 0.4) is 0 Å². The number of hydrogen-bond donors (Lipinski definition) is 3. The summed E-state index contributed by atoms with van der Waals surface area (Å²) in [5, 5.41) is 5.88. The van der Waals surface area contributed by atoms with Crippen molar-refractivity contribution in [1.29, 1.82) is 0 Å². The largest absolute Gasteiger partial charge is 0.370 e. The Morgan fingerprint density at radius 3 is 3.00 bits per heavy atom. The Labute approximate surface area is 88.3 Å². The van der Waals surface area contributed by atoms with Crippen LogP contribution in [0.5, 0.6) is 0 Å². The molecule has 0 saturated carbocycles. The minimum atomic E-state index is -0.335. The third-order valence-corrected chi connectivity index (χ3v) is 1.78. The minimum Gasteiger partial charge on any atom is -0.370 e. The van der Waals surface area contributed by atoms with E-state index in [4.69, 9.17) is 5.73 Å². The quantitative estimate of drug-likeness (QED) is 0.644. The zero-order valence-electron chi connectivity index (χ0n) is 8.82. The number of nitrogens with zero attached hydrogens (tertiary/aromatic N) is 2. The zero-order chi connectivity index (χ0) is 11.3. The lowest BCUT2D eigenvalue weighted by Gasteiger charge is -2.12. The van der Waals surface area contributed by atoms with Gasteiger partial charge in [-0.05, 0) is 13.0 Å². The standard InChI is InChI=1S/C9H15N5O/c1-6(5-7(10)15)13-8-3-4-12-9(11-2)14-8/h3-4,6H,5H2,1-2H3,(H2,10,15)(H2,11,12,13,14). The summed E-state index contributed by atoms with van der Waals surface area (Å²) in [5.41, 5.74) is 5.08. The van der Waals surface area contributed by atoms with Crippen LogP contribution in [-0.2, 0) is 4.79 Å². The van der Waals surface area contributed by atoms with Crippen LogP contribution in [0.1, 0.15) is 13.3 Å². The summed E-state index contributed by atoms with van der Waals surface area (Å²) in [5.74, 6) is 0.868. The van der Waals surface area contributed by atoms with Crippen LogP contribution < -0.4 is 16.4 Å². The van der Waals surface area contributed by atoms with Crippen molar-refractivity contribution < 1.29 is 4.79 Å². The van der Waals surface area contributed by atoms with Crippen molar-refractivity contribution in [3.05, 3.63) is 12.3 Å². The van der Waals surface area contributed by atoms with E-state index in [-0.39, 0.29) is 18.4 Å². The normalized spacial score (nSPS) is 11.9. The number of amides is 1. The van der Waals surface area contributed by atoms with Crippen LogP contribution in [0, 0.1) is 0 Å². The van der Waals surface area contributed by atoms with Gasteiger partial charge in [-0.2, -0.15) is 4.98 Å². The zero-order valence-corrected chi connectivity index (χ0v) is 8.82. The van der Waals surface area contributed by atoms with Crippen molar-refractivity contribution >= 4 is 17.7 Å². The Kier molecular flexibility index (Phi) is 3.84. The second kappa shape index (κ2) is 5.14. The summed E-state index contributed by atoms with van der Waals surface area (Å²) in [6.07, 6.45) is 1.91. The average Bonchev–Trinajstić information content (AvgIpc) is 2.16. The molecule has 0 radical (unpaired) electrons. The van der Waals surface area contributed by atoms with Gasteiger partial charge in [0.2, 0.25) is 11.9 Å². The Bertz CT molecular complexity index is 341. The molecule has 0 spiro atoms. The highest BCUT2D eigenvalue weighted by atomic mass is 16.1. The molecule has 1 aromatic rings. The fraction of sp³-hybridized carbons (Fsp3) is 0.444. The summed E-state index contributed by atoms with van der Waals surface area (Å²) in [6, 6.07) is 1.69. The molecule has 6 heteroatoms. The first kappa shape index (κ1) is 11.2. The Morgan fingerprint density at radius 1 is 1.67 bits per heavy atom. The number of anilines is 2. The van der Waals surface area contributed by atoms with Crippen molar-refractivity contribution in [2.45, 2.75) is 19.4 Å². The first-order chi connectivity index (χ1) is 7.11. The van der Waals surface area contributed by atoms with Gasteiger partial charge in [0.05, 0.1) is 0 Å². The molecular weight excluding hydrogens is 194 g/mol. The fourth-order valence-corrected chi connectivity index (χ4v) is 1.16. The van der Waals surface area contributed by atoms with Crippen LogP contribution in [0.2, 0.25) is 0 Å². The van der Waals surface area contributed by atoms with Gasteiger partial charge in [-0.15, -0.1) is 0 Å². The van der Waals surface area contributed by atoms with Gasteiger partial charge in [0.15, 0.2) is 0 Å². The van der Waals surface area contributed by atoms with Gasteiger partial charge in [0.1, 0.15) is 5.82 Å². The summed E-state index contributed by atoms with van der Waals surface area (Å²) in [7, 11) is 1.74. The highest BCUT2D eigenvalue weighted by molar-refractivity contribution is 5.74. The van der Waals surface area contributed by atoms with E-state index in [9.17, 15) is 4.79 Å². The van der Waals surface area contributed by atoms with Gasteiger partial charge >= 0.3 is 0 Å². The van der Waals surface area contributed by atoms with E-state index in [1.165, 1.54) is 0 Å². The van der Waals surface area contributed by atoms with E-state index >= 15 is 0 Å². The van der Waals surface area contributed by atoms with E-state index < -0.39 is 0 Å². The summed E-state index contributed by atoms with van der Waals surface area (Å²) < 4.78 is 0. The number of rotatable bonds is 5. The second-order valence-electron chi connectivity index (χ2n) is 3.23. The van der Waals surface area contributed by atoms with Crippen LogP contribution in [-0.4, -0.2) is 29.0 Å². The van der Waals surface area contributed by atoms with Gasteiger partial charge in [-0.25, -0.2) is 4.98 Å². The first-order valence-corrected chi connectivity index (χ1v) is 4.67. The third kappa shape index (κ3) is 3.80. The first-order valence-electron chi connectivity index (χ1n) is 4.67. The molecule has 0 aromatic carbocycles. The van der Waals surface area contributed by atoms with Crippen molar-refractivity contribution in [2.75, 3.05) is 17.7 Å². The second-order valence-corrected chi connectivity index (χ2v) is 3.23. The number of aromatic nitrogens is 2. The summed E-state index contributed by atoms with van der Waals surface area (Å²) >= 11 is 0. The summed E-state index contributed by atoms with van der Waals surface area (Å²) in [6.45, 7) is 1.87. The molecule has 82 valence electrons. The van der Waals surface area contributed by atoms with Crippen LogP contribution >= 0.6 is 0 Å². The predicted octanol–water partition coefficient (Wildman–Crippen LogP) is 0.194. The third-order valence-electron chi connectivity index (χ3n) is 1.78. The van der Waals surface area contributed by atoms with Gasteiger partial charge in [0, 0.05) is 25.7 Å². The van der Waals surface area contributed by atoms with E-state index in [0.29, 0.717) is 11.8 Å². The number of primary amides is 1. The number of carbonyl (C=O) groups excluding carboxylic acids is 1. The van der Waals surface area contributed by atoms with Crippen LogP contribution in [0.25, 0.3) is 0 Å². The molecule has 6 nitrogen and oxygen atoms in total. The molecular formula is C9H15N5O. The molecule has 1 rings (SSSR count). The van der Waals surface area contributed by atoms with Crippen molar-refractivity contribution in [3.63, 3.8) is 0 Å². The molecule has 1 aromatic heterocycles. The van der Waals surface area contributed by atoms with Crippen LogP contribution in [0.4, 0.5) is 11.8 Å². The molecule has 0 aliphatic heterocycles. The predicted molar refractivity (Wildman–Crippen MR) is 58.5 cm³/mol. The van der Waals surface area contributed by atoms with Gasteiger partial charge < -0.3 is 16.4 Å². The lowest BCUT2D eigenvalue weighted by Crippen LogP contribution is -2.24. The van der Waals surface area contributed by atoms with Crippen molar-refractivity contribution in [2.24, 2.45) is 5.73 Å². The van der Waals surface area contributed by atoms with Gasteiger partial charge in [-0.3, -0.25) is 4.79 Å². The van der Waals surface area contributed by atoms with E-state index in [1.54, 1.807) is 19.3 Å².